The monoisotopic (exact) mass is 412 g/mol. The number of anilines is 1. The van der Waals surface area contributed by atoms with E-state index in [9.17, 15) is 9.59 Å². The lowest BCUT2D eigenvalue weighted by Gasteiger charge is -2.12. The summed E-state index contributed by atoms with van der Waals surface area (Å²) in [7, 11) is 0. The first-order chi connectivity index (χ1) is 14.0. The molecule has 0 atom stereocenters. The van der Waals surface area contributed by atoms with E-state index < -0.39 is 0 Å². The highest BCUT2D eigenvalue weighted by Gasteiger charge is 2.27. The number of hydrogen-bond acceptors (Lipinski definition) is 6. The summed E-state index contributed by atoms with van der Waals surface area (Å²) in [4.78, 5) is 26.5. The number of nitrogens with zero attached hydrogens (tertiary/aromatic N) is 1. The van der Waals surface area contributed by atoms with Crippen LogP contribution in [0.15, 0.2) is 16.7 Å². The lowest BCUT2D eigenvalue weighted by atomic mass is 9.95. The summed E-state index contributed by atoms with van der Waals surface area (Å²) >= 11 is 1.49. The third-order valence-corrected chi connectivity index (χ3v) is 6.42. The van der Waals surface area contributed by atoms with Crippen LogP contribution >= 0.6 is 11.3 Å². The fraction of sp³-hybridized carbons (Fsp3) is 0.409. The summed E-state index contributed by atoms with van der Waals surface area (Å²) in [5.74, 6) is -0.580. The van der Waals surface area contributed by atoms with E-state index in [2.05, 4.69) is 10.5 Å². The van der Waals surface area contributed by atoms with Crippen LogP contribution in [0.1, 0.15) is 57.4 Å². The molecule has 1 N–H and O–H groups in total. The molecule has 0 bridgehead atoms. The highest BCUT2D eigenvalue weighted by molar-refractivity contribution is 7.17. The number of ether oxygens (including phenoxy) is 1. The predicted octanol–water partition coefficient (Wildman–Crippen LogP) is 4.74. The second-order valence-corrected chi connectivity index (χ2v) is 8.55. The first-order valence-electron chi connectivity index (χ1n) is 9.95. The third kappa shape index (κ3) is 3.79. The molecule has 2 heterocycles. The molecular weight excluding hydrogens is 388 g/mol. The van der Waals surface area contributed by atoms with Crippen molar-refractivity contribution in [1.82, 2.24) is 5.16 Å². The maximum Gasteiger partial charge on any atom is 0.341 e. The van der Waals surface area contributed by atoms with E-state index in [-0.39, 0.29) is 18.3 Å². The van der Waals surface area contributed by atoms with Gasteiger partial charge in [0, 0.05) is 10.3 Å². The maximum atomic E-state index is 12.8. The van der Waals surface area contributed by atoms with Crippen molar-refractivity contribution in [2.45, 2.75) is 52.9 Å². The van der Waals surface area contributed by atoms with Gasteiger partial charge in [0.1, 0.15) is 10.7 Å². The van der Waals surface area contributed by atoms with Gasteiger partial charge in [-0.25, -0.2) is 4.79 Å². The number of aryl methyl sites for hydroxylation is 3. The Hall–Kier alpha value is -2.67. The Balaban J connectivity index is 1.61. The Labute approximate surface area is 173 Å². The molecule has 0 fully saturated rings. The second-order valence-electron chi connectivity index (χ2n) is 7.45. The highest BCUT2D eigenvalue weighted by atomic mass is 32.1. The summed E-state index contributed by atoms with van der Waals surface area (Å²) in [6.45, 7) is 6.06. The Morgan fingerprint density at radius 3 is 2.83 bits per heavy atom. The zero-order valence-electron chi connectivity index (χ0n) is 16.9. The number of carbonyl (C=O) groups excluding carboxylic acids is 2. The van der Waals surface area contributed by atoms with E-state index in [4.69, 9.17) is 9.26 Å². The molecule has 7 heteroatoms. The first kappa shape index (κ1) is 19.6. The number of rotatable bonds is 5. The van der Waals surface area contributed by atoms with Crippen LogP contribution in [0.4, 0.5) is 5.00 Å². The van der Waals surface area contributed by atoms with E-state index in [1.165, 1.54) is 16.2 Å². The molecular formula is C22H24N2O4S. The van der Waals surface area contributed by atoms with Crippen molar-refractivity contribution in [1.29, 1.82) is 0 Å². The lowest BCUT2D eigenvalue weighted by molar-refractivity contribution is -0.115. The Morgan fingerprint density at radius 2 is 2.03 bits per heavy atom. The summed E-state index contributed by atoms with van der Waals surface area (Å²) < 4.78 is 10.7. The molecule has 0 aliphatic heterocycles. The number of carbonyl (C=O) groups is 2. The summed E-state index contributed by atoms with van der Waals surface area (Å²) in [6, 6.07) is 4.01. The number of aromatic nitrogens is 1. The van der Waals surface area contributed by atoms with Gasteiger partial charge in [0.05, 0.1) is 18.6 Å². The SMILES string of the molecule is CCOC(=O)c1c(NC(=O)Cc2noc3c(C)cc(C)cc23)sc2c1CCCC2. The predicted molar refractivity (Wildman–Crippen MR) is 113 cm³/mol. The smallest absolute Gasteiger partial charge is 0.341 e. The molecule has 6 nitrogen and oxygen atoms in total. The van der Waals surface area contributed by atoms with Gasteiger partial charge >= 0.3 is 5.97 Å². The minimum absolute atomic E-state index is 0.0841. The van der Waals surface area contributed by atoms with E-state index in [0.29, 0.717) is 28.4 Å². The average Bonchev–Trinajstić information content (AvgIpc) is 3.23. The van der Waals surface area contributed by atoms with Crippen LogP contribution in [0.3, 0.4) is 0 Å². The molecule has 0 saturated carbocycles. The minimum atomic E-state index is -0.361. The summed E-state index contributed by atoms with van der Waals surface area (Å²) in [6.07, 6.45) is 4.03. The lowest BCUT2D eigenvalue weighted by Crippen LogP contribution is -2.17. The standard InChI is InChI=1S/C22H24N2O4S/c1-4-27-22(26)19-14-7-5-6-8-17(14)29-21(19)23-18(25)11-16-15-10-12(2)9-13(3)20(15)28-24-16/h9-10H,4-8,11H2,1-3H3,(H,23,25). The molecule has 3 aromatic rings. The zero-order valence-corrected chi connectivity index (χ0v) is 17.7. The van der Waals surface area contributed by atoms with Gasteiger partial charge in [-0.2, -0.15) is 0 Å². The zero-order chi connectivity index (χ0) is 20.5. The Bertz CT molecular complexity index is 1100. The van der Waals surface area contributed by atoms with Gasteiger partial charge < -0.3 is 14.6 Å². The molecule has 2 aromatic heterocycles. The molecule has 1 aromatic carbocycles. The van der Waals surface area contributed by atoms with Crippen LogP contribution in [0.5, 0.6) is 0 Å². The molecule has 0 unspecified atom stereocenters. The number of nitrogens with one attached hydrogen (secondary N) is 1. The second kappa shape index (κ2) is 7.99. The van der Waals surface area contributed by atoms with E-state index in [0.717, 1.165) is 47.8 Å². The minimum Gasteiger partial charge on any atom is -0.462 e. The van der Waals surface area contributed by atoms with Gasteiger partial charge in [0.15, 0.2) is 5.58 Å². The number of benzene rings is 1. The van der Waals surface area contributed by atoms with E-state index in [1.807, 2.05) is 26.0 Å². The highest BCUT2D eigenvalue weighted by Crippen LogP contribution is 2.38. The normalized spacial score (nSPS) is 13.3. The van der Waals surface area contributed by atoms with Crippen molar-refractivity contribution in [3.63, 3.8) is 0 Å². The van der Waals surface area contributed by atoms with Gasteiger partial charge in [-0.1, -0.05) is 11.2 Å². The van der Waals surface area contributed by atoms with Crippen molar-refractivity contribution >= 4 is 39.2 Å². The van der Waals surface area contributed by atoms with Crippen LogP contribution < -0.4 is 5.32 Å². The molecule has 0 saturated heterocycles. The molecule has 1 amide bonds. The van der Waals surface area contributed by atoms with E-state index >= 15 is 0 Å². The molecule has 0 radical (unpaired) electrons. The van der Waals surface area contributed by atoms with Crippen LogP contribution in [0.25, 0.3) is 11.0 Å². The fourth-order valence-electron chi connectivity index (χ4n) is 3.96. The van der Waals surface area contributed by atoms with Crippen LogP contribution in [0, 0.1) is 13.8 Å². The average molecular weight is 413 g/mol. The maximum absolute atomic E-state index is 12.8. The van der Waals surface area contributed by atoms with Crippen molar-refractivity contribution in [3.05, 3.63) is 45.0 Å². The largest absolute Gasteiger partial charge is 0.462 e. The Morgan fingerprint density at radius 1 is 1.24 bits per heavy atom. The Kier molecular flexibility index (Phi) is 5.41. The quantitative estimate of drug-likeness (QED) is 0.612. The molecule has 152 valence electrons. The van der Waals surface area contributed by atoms with Crippen molar-refractivity contribution in [2.75, 3.05) is 11.9 Å². The molecule has 29 heavy (non-hydrogen) atoms. The molecule has 4 rings (SSSR count). The van der Waals surface area contributed by atoms with Crippen LogP contribution in [0.2, 0.25) is 0 Å². The van der Waals surface area contributed by atoms with Gasteiger partial charge in [0.25, 0.3) is 0 Å². The van der Waals surface area contributed by atoms with Crippen LogP contribution in [-0.2, 0) is 28.8 Å². The molecule has 0 spiro atoms. The first-order valence-corrected chi connectivity index (χ1v) is 10.8. The van der Waals surface area contributed by atoms with E-state index in [1.54, 1.807) is 6.92 Å². The van der Waals surface area contributed by atoms with Crippen molar-refractivity contribution in [3.8, 4) is 0 Å². The summed E-state index contributed by atoms with van der Waals surface area (Å²) in [5.41, 5.74) is 4.95. The third-order valence-electron chi connectivity index (χ3n) is 5.21. The van der Waals surface area contributed by atoms with Crippen molar-refractivity contribution < 1.29 is 18.8 Å². The van der Waals surface area contributed by atoms with Crippen LogP contribution in [-0.4, -0.2) is 23.6 Å². The number of esters is 1. The number of thiophene rings is 1. The summed E-state index contributed by atoms with van der Waals surface area (Å²) in [5, 5.41) is 8.48. The van der Waals surface area contributed by atoms with Gasteiger partial charge in [-0.15, -0.1) is 11.3 Å². The number of amides is 1. The van der Waals surface area contributed by atoms with Gasteiger partial charge in [-0.05, 0) is 69.2 Å². The number of hydrogen-bond donors (Lipinski definition) is 1. The number of fused-ring (bicyclic) bond motifs is 2. The van der Waals surface area contributed by atoms with Crippen molar-refractivity contribution in [2.24, 2.45) is 0 Å². The topological polar surface area (TPSA) is 81.4 Å². The van der Waals surface area contributed by atoms with Gasteiger partial charge in [0.2, 0.25) is 5.91 Å². The fourth-order valence-corrected chi connectivity index (χ4v) is 5.26. The van der Waals surface area contributed by atoms with Gasteiger partial charge in [-0.3, -0.25) is 4.79 Å². The molecule has 1 aliphatic carbocycles. The molecule has 1 aliphatic rings.